The molecule has 0 saturated carbocycles. The van der Waals surface area contributed by atoms with Crippen molar-refractivity contribution in [1.82, 2.24) is 0 Å². The van der Waals surface area contributed by atoms with E-state index in [4.69, 9.17) is 15.9 Å². The molecule has 0 amide bonds. The van der Waals surface area contributed by atoms with Gasteiger partial charge in [0, 0.05) is 6.42 Å². The van der Waals surface area contributed by atoms with E-state index in [1.807, 2.05) is 6.08 Å². The predicted molar refractivity (Wildman–Crippen MR) is 30.5 cm³/mol. The van der Waals surface area contributed by atoms with Crippen molar-refractivity contribution in [1.29, 1.82) is 5.41 Å². The minimum Gasteiger partial charge on any atom is -0.459 e. The standard InChI is InChI=1S/C5H8N2O/c6-4-2-1-3-5(7)8-4/h1-2,4,7H,3,6H2. The molecule has 1 aliphatic rings. The normalized spacial score (nSPS) is 27.6. The summed E-state index contributed by atoms with van der Waals surface area (Å²) in [6, 6.07) is 0. The van der Waals surface area contributed by atoms with Crippen LogP contribution in [0.5, 0.6) is 0 Å². The second kappa shape index (κ2) is 1.96. The Bertz CT molecular complexity index is 130. The van der Waals surface area contributed by atoms with Crippen molar-refractivity contribution in [3.05, 3.63) is 12.2 Å². The molecule has 1 atom stereocenters. The smallest absolute Gasteiger partial charge is 0.186 e. The first-order valence-electron chi connectivity index (χ1n) is 2.45. The first kappa shape index (κ1) is 5.31. The molecule has 0 fully saturated rings. The molecule has 1 aliphatic heterocycles. The molecule has 1 unspecified atom stereocenters. The average molecular weight is 112 g/mol. The monoisotopic (exact) mass is 112 g/mol. The van der Waals surface area contributed by atoms with Crippen LogP contribution < -0.4 is 5.73 Å². The van der Waals surface area contributed by atoms with E-state index in [0.29, 0.717) is 6.42 Å². The molecular formula is C5H8N2O. The fraction of sp³-hybridized carbons (Fsp3) is 0.400. The topological polar surface area (TPSA) is 59.1 Å². The summed E-state index contributed by atoms with van der Waals surface area (Å²) in [7, 11) is 0. The molecule has 8 heavy (non-hydrogen) atoms. The minimum atomic E-state index is -0.392. The third-order valence-electron chi connectivity index (χ3n) is 0.907. The molecule has 0 aromatic carbocycles. The number of ether oxygens (including phenoxy) is 1. The Balaban J connectivity index is 2.54. The maximum Gasteiger partial charge on any atom is 0.186 e. The molecule has 0 spiro atoms. The quantitative estimate of drug-likeness (QED) is 0.440. The molecule has 0 bridgehead atoms. The molecule has 0 aromatic rings. The second-order valence-electron chi connectivity index (χ2n) is 1.64. The SMILES string of the molecule is N=C1CC=CC(N)O1. The maximum atomic E-state index is 6.97. The Morgan fingerprint density at radius 2 is 2.62 bits per heavy atom. The van der Waals surface area contributed by atoms with Crippen LogP contribution in [0.2, 0.25) is 0 Å². The Morgan fingerprint density at radius 3 is 3.00 bits per heavy atom. The highest BCUT2D eigenvalue weighted by Crippen LogP contribution is 1.99. The van der Waals surface area contributed by atoms with Gasteiger partial charge < -0.3 is 4.74 Å². The van der Waals surface area contributed by atoms with Gasteiger partial charge in [0.05, 0.1) is 0 Å². The van der Waals surface area contributed by atoms with Crippen molar-refractivity contribution in [2.45, 2.75) is 12.6 Å². The molecule has 1 rings (SSSR count). The van der Waals surface area contributed by atoms with E-state index in [-0.39, 0.29) is 5.90 Å². The van der Waals surface area contributed by atoms with Crippen LogP contribution in [0.25, 0.3) is 0 Å². The summed E-state index contributed by atoms with van der Waals surface area (Å²) < 4.78 is 4.76. The second-order valence-corrected chi connectivity index (χ2v) is 1.64. The zero-order chi connectivity index (χ0) is 5.98. The molecule has 44 valence electrons. The number of nitrogens with one attached hydrogen (secondary N) is 1. The molecule has 3 nitrogen and oxygen atoms in total. The number of rotatable bonds is 0. The van der Waals surface area contributed by atoms with Gasteiger partial charge >= 0.3 is 0 Å². The van der Waals surface area contributed by atoms with Crippen LogP contribution in [0, 0.1) is 5.41 Å². The highest BCUT2D eigenvalue weighted by Gasteiger charge is 2.05. The van der Waals surface area contributed by atoms with Crippen LogP contribution in [-0.2, 0) is 4.74 Å². The Morgan fingerprint density at radius 1 is 1.88 bits per heavy atom. The zero-order valence-corrected chi connectivity index (χ0v) is 4.42. The van der Waals surface area contributed by atoms with Gasteiger partial charge in [-0.15, -0.1) is 0 Å². The molecular weight excluding hydrogens is 104 g/mol. The van der Waals surface area contributed by atoms with Gasteiger partial charge in [-0.1, -0.05) is 6.08 Å². The Hall–Kier alpha value is -0.830. The summed E-state index contributed by atoms with van der Waals surface area (Å²) in [5, 5.41) is 6.97. The van der Waals surface area contributed by atoms with Crippen molar-refractivity contribution < 1.29 is 4.74 Å². The van der Waals surface area contributed by atoms with E-state index >= 15 is 0 Å². The van der Waals surface area contributed by atoms with Gasteiger partial charge in [-0.2, -0.15) is 0 Å². The highest BCUT2D eigenvalue weighted by atomic mass is 16.5. The lowest BCUT2D eigenvalue weighted by Crippen LogP contribution is -2.26. The molecule has 0 aliphatic carbocycles. The van der Waals surface area contributed by atoms with Gasteiger partial charge in [-0.05, 0) is 6.08 Å². The van der Waals surface area contributed by atoms with Crippen molar-refractivity contribution in [3.63, 3.8) is 0 Å². The molecule has 0 saturated heterocycles. The van der Waals surface area contributed by atoms with Gasteiger partial charge in [0.1, 0.15) is 0 Å². The van der Waals surface area contributed by atoms with Gasteiger partial charge in [0.2, 0.25) is 0 Å². The molecule has 3 N–H and O–H groups in total. The summed E-state index contributed by atoms with van der Waals surface area (Å²) in [6.07, 6.45) is 3.75. The highest BCUT2D eigenvalue weighted by molar-refractivity contribution is 5.75. The molecule has 1 heterocycles. The average Bonchev–Trinajstić information content (AvgIpc) is 1.64. The molecule has 3 heteroatoms. The molecule has 0 radical (unpaired) electrons. The number of hydrogen-bond acceptors (Lipinski definition) is 3. The van der Waals surface area contributed by atoms with Crippen LogP contribution in [0.15, 0.2) is 12.2 Å². The Labute approximate surface area is 47.6 Å². The van der Waals surface area contributed by atoms with Gasteiger partial charge in [0.25, 0.3) is 0 Å². The summed E-state index contributed by atoms with van der Waals surface area (Å²) in [5.41, 5.74) is 5.28. The van der Waals surface area contributed by atoms with Gasteiger partial charge in [0.15, 0.2) is 12.1 Å². The van der Waals surface area contributed by atoms with Gasteiger partial charge in [-0.25, -0.2) is 0 Å². The van der Waals surface area contributed by atoms with E-state index < -0.39 is 6.23 Å². The van der Waals surface area contributed by atoms with Crippen molar-refractivity contribution in [3.8, 4) is 0 Å². The van der Waals surface area contributed by atoms with Crippen LogP contribution in [0.3, 0.4) is 0 Å². The van der Waals surface area contributed by atoms with E-state index in [1.54, 1.807) is 6.08 Å². The van der Waals surface area contributed by atoms with Crippen molar-refractivity contribution in [2.75, 3.05) is 0 Å². The first-order valence-corrected chi connectivity index (χ1v) is 2.45. The fourth-order valence-electron chi connectivity index (χ4n) is 0.561. The van der Waals surface area contributed by atoms with E-state index in [1.165, 1.54) is 0 Å². The summed E-state index contributed by atoms with van der Waals surface area (Å²) in [6.45, 7) is 0. The zero-order valence-electron chi connectivity index (χ0n) is 4.42. The van der Waals surface area contributed by atoms with Crippen LogP contribution in [-0.4, -0.2) is 12.1 Å². The van der Waals surface area contributed by atoms with Gasteiger partial charge in [-0.3, -0.25) is 11.1 Å². The van der Waals surface area contributed by atoms with Crippen LogP contribution in [0.1, 0.15) is 6.42 Å². The van der Waals surface area contributed by atoms with Crippen molar-refractivity contribution >= 4 is 5.90 Å². The molecule has 0 aromatic heterocycles. The van der Waals surface area contributed by atoms with Crippen LogP contribution >= 0.6 is 0 Å². The third kappa shape index (κ3) is 1.07. The summed E-state index contributed by atoms with van der Waals surface area (Å²) in [5.74, 6) is 0.250. The van der Waals surface area contributed by atoms with E-state index in [0.717, 1.165) is 0 Å². The lowest BCUT2D eigenvalue weighted by Gasteiger charge is -2.13. The predicted octanol–water partition coefficient (Wildman–Crippen LogP) is 0.225. The number of hydrogen-bond donors (Lipinski definition) is 2. The first-order chi connectivity index (χ1) is 3.79. The summed E-state index contributed by atoms with van der Waals surface area (Å²) in [4.78, 5) is 0. The lowest BCUT2D eigenvalue weighted by atomic mass is 10.3. The van der Waals surface area contributed by atoms with E-state index in [9.17, 15) is 0 Å². The minimum absolute atomic E-state index is 0.250. The number of nitrogens with two attached hydrogens (primary N) is 1. The van der Waals surface area contributed by atoms with Crippen molar-refractivity contribution in [2.24, 2.45) is 5.73 Å². The lowest BCUT2D eigenvalue weighted by molar-refractivity contribution is 0.229. The Kier molecular flexibility index (Phi) is 1.30. The largest absolute Gasteiger partial charge is 0.459 e. The third-order valence-corrected chi connectivity index (χ3v) is 0.907. The van der Waals surface area contributed by atoms with Crippen LogP contribution in [0.4, 0.5) is 0 Å². The summed E-state index contributed by atoms with van der Waals surface area (Å²) >= 11 is 0. The van der Waals surface area contributed by atoms with E-state index in [2.05, 4.69) is 0 Å². The fourth-order valence-corrected chi connectivity index (χ4v) is 0.561. The maximum absolute atomic E-state index is 6.97.